The van der Waals surface area contributed by atoms with E-state index in [9.17, 15) is 4.79 Å². The molecule has 0 saturated heterocycles. The molecule has 1 aromatic carbocycles. The van der Waals surface area contributed by atoms with E-state index in [-0.39, 0.29) is 11.9 Å². The fourth-order valence-corrected chi connectivity index (χ4v) is 3.73. The third-order valence-corrected chi connectivity index (χ3v) is 5.63. The summed E-state index contributed by atoms with van der Waals surface area (Å²) in [6.07, 6.45) is 9.04. The number of rotatable bonds is 4. The molecule has 1 aliphatic carbocycles. The first kappa shape index (κ1) is 18.4. The van der Waals surface area contributed by atoms with Gasteiger partial charge in [0, 0.05) is 23.3 Å². The van der Waals surface area contributed by atoms with Crippen LogP contribution in [-0.4, -0.2) is 21.1 Å². The summed E-state index contributed by atoms with van der Waals surface area (Å²) in [7, 11) is 0. The van der Waals surface area contributed by atoms with Crippen molar-refractivity contribution in [2.45, 2.75) is 46.1 Å². The number of hydrogen-bond donors (Lipinski definition) is 2. The number of hydrogen-bond acceptors (Lipinski definition) is 3. The van der Waals surface area contributed by atoms with Gasteiger partial charge in [-0.1, -0.05) is 38.1 Å². The predicted molar refractivity (Wildman–Crippen MR) is 112 cm³/mol. The first-order chi connectivity index (χ1) is 13.4. The molecule has 1 amide bonds. The molecule has 0 aliphatic heterocycles. The second-order valence-corrected chi connectivity index (χ2v) is 8.41. The maximum atomic E-state index is 12.7. The molecule has 144 valence electrons. The van der Waals surface area contributed by atoms with Crippen LogP contribution in [0.4, 0.5) is 0 Å². The van der Waals surface area contributed by atoms with Gasteiger partial charge in [-0.25, -0.2) is 0 Å². The molecule has 2 N–H and O–H groups in total. The van der Waals surface area contributed by atoms with E-state index in [0.717, 1.165) is 29.4 Å². The molecular formula is C23H26N4O. The number of carbonyl (C=O) groups excluding carboxylic acids is 1. The largest absolute Gasteiger partial charge is 0.344 e. The van der Waals surface area contributed by atoms with Gasteiger partial charge in [0.15, 0.2) is 0 Å². The lowest BCUT2D eigenvalue weighted by Crippen LogP contribution is -2.27. The van der Waals surface area contributed by atoms with Crippen LogP contribution in [0.2, 0.25) is 0 Å². The predicted octanol–water partition coefficient (Wildman–Crippen LogP) is 5.04. The molecule has 0 radical (unpaired) electrons. The number of para-hydroxylation sites is 1. The topological polar surface area (TPSA) is 70.7 Å². The molecule has 1 unspecified atom stereocenters. The summed E-state index contributed by atoms with van der Waals surface area (Å²) in [4.78, 5) is 17.3. The molecule has 0 bridgehead atoms. The number of amides is 1. The molecule has 3 aromatic rings. The summed E-state index contributed by atoms with van der Waals surface area (Å²) in [6.45, 7) is 6.56. The molecule has 1 atom stereocenters. The number of benzene rings is 1. The highest BCUT2D eigenvalue weighted by Gasteiger charge is 2.23. The first-order valence-corrected chi connectivity index (χ1v) is 9.81. The number of H-pyrrole nitrogens is 1. The minimum absolute atomic E-state index is 0.138. The smallest absolute Gasteiger partial charge is 0.253 e. The van der Waals surface area contributed by atoms with Crippen LogP contribution >= 0.6 is 0 Å². The molecular weight excluding hydrogens is 348 g/mol. The first-order valence-electron chi connectivity index (χ1n) is 9.81. The Bertz CT molecular complexity index is 1030. The van der Waals surface area contributed by atoms with Crippen LogP contribution in [0.5, 0.6) is 0 Å². The van der Waals surface area contributed by atoms with Crippen LogP contribution < -0.4 is 5.32 Å². The third kappa shape index (κ3) is 3.70. The summed E-state index contributed by atoms with van der Waals surface area (Å²) in [5.41, 5.74) is 5.32. The van der Waals surface area contributed by atoms with Gasteiger partial charge in [-0.05, 0) is 49.3 Å². The minimum atomic E-state index is -0.146. The normalized spacial score (nSPS) is 17.2. The van der Waals surface area contributed by atoms with Gasteiger partial charge in [-0.15, -0.1) is 0 Å². The van der Waals surface area contributed by atoms with E-state index >= 15 is 0 Å². The summed E-state index contributed by atoms with van der Waals surface area (Å²) < 4.78 is 0. The molecule has 5 heteroatoms. The summed E-state index contributed by atoms with van der Waals surface area (Å²) in [6, 6.07) is 9.85. The van der Waals surface area contributed by atoms with Gasteiger partial charge in [0.25, 0.3) is 5.91 Å². The Hall–Kier alpha value is -2.95. The highest BCUT2D eigenvalue weighted by Crippen LogP contribution is 2.39. The van der Waals surface area contributed by atoms with Crippen molar-refractivity contribution in [3.8, 4) is 0 Å². The Morgan fingerprint density at radius 3 is 2.86 bits per heavy atom. The number of nitrogens with zero attached hydrogens (tertiary/aromatic N) is 2. The molecule has 0 fully saturated rings. The molecule has 28 heavy (non-hydrogen) atoms. The molecule has 1 aliphatic rings. The zero-order valence-electron chi connectivity index (χ0n) is 16.6. The average Bonchev–Trinajstić information content (AvgIpc) is 3.22. The Morgan fingerprint density at radius 1 is 1.29 bits per heavy atom. The van der Waals surface area contributed by atoms with Crippen LogP contribution in [0.15, 0.2) is 48.8 Å². The Labute approximate surface area is 165 Å². The zero-order valence-corrected chi connectivity index (χ0v) is 16.6. The van der Waals surface area contributed by atoms with Gasteiger partial charge in [0.1, 0.15) is 0 Å². The van der Waals surface area contributed by atoms with E-state index in [1.54, 1.807) is 12.4 Å². The lowest BCUT2D eigenvalue weighted by molar-refractivity contribution is 0.0939. The quantitative estimate of drug-likeness (QED) is 0.672. The van der Waals surface area contributed by atoms with Gasteiger partial charge in [0.2, 0.25) is 0 Å². The highest BCUT2D eigenvalue weighted by atomic mass is 16.1. The van der Waals surface area contributed by atoms with Crippen molar-refractivity contribution in [2.75, 3.05) is 0 Å². The second kappa shape index (κ2) is 7.23. The summed E-state index contributed by atoms with van der Waals surface area (Å²) in [5, 5.41) is 10.8. The molecule has 4 rings (SSSR count). The number of aromatic amines is 1. The number of pyridine rings is 1. The fraction of sp³-hybridized carbons (Fsp3) is 0.348. The lowest BCUT2D eigenvalue weighted by atomic mass is 9.77. The highest BCUT2D eigenvalue weighted by molar-refractivity contribution is 5.99. The van der Waals surface area contributed by atoms with Crippen molar-refractivity contribution in [3.05, 3.63) is 65.6 Å². The molecule has 0 spiro atoms. The van der Waals surface area contributed by atoms with Crippen molar-refractivity contribution < 1.29 is 4.79 Å². The zero-order chi connectivity index (χ0) is 19.7. The van der Waals surface area contributed by atoms with E-state index in [4.69, 9.17) is 0 Å². The van der Waals surface area contributed by atoms with Crippen molar-refractivity contribution in [1.29, 1.82) is 0 Å². The molecule has 0 saturated carbocycles. The molecule has 2 heterocycles. The lowest BCUT2D eigenvalue weighted by Gasteiger charge is -2.29. The van der Waals surface area contributed by atoms with Crippen LogP contribution in [0.1, 0.15) is 67.7 Å². The maximum Gasteiger partial charge on any atom is 0.253 e. The van der Waals surface area contributed by atoms with Gasteiger partial charge < -0.3 is 5.32 Å². The van der Waals surface area contributed by atoms with Gasteiger partial charge in [-0.3, -0.25) is 14.9 Å². The van der Waals surface area contributed by atoms with Crippen LogP contribution in [0, 0.1) is 5.41 Å². The van der Waals surface area contributed by atoms with Crippen LogP contribution in [-0.2, 0) is 0 Å². The Balaban J connectivity index is 1.60. The van der Waals surface area contributed by atoms with E-state index < -0.39 is 0 Å². The van der Waals surface area contributed by atoms with Crippen LogP contribution in [0.25, 0.3) is 16.5 Å². The number of fused-ring (bicyclic) bond motifs is 1. The average molecular weight is 374 g/mol. The van der Waals surface area contributed by atoms with E-state index in [1.807, 2.05) is 25.1 Å². The van der Waals surface area contributed by atoms with Crippen molar-refractivity contribution >= 4 is 22.4 Å². The number of aromatic nitrogens is 3. The van der Waals surface area contributed by atoms with Crippen LogP contribution in [0.3, 0.4) is 0 Å². The van der Waals surface area contributed by atoms with E-state index in [1.165, 1.54) is 17.6 Å². The Morgan fingerprint density at radius 2 is 2.14 bits per heavy atom. The standard InChI is InChI=1S/C23H26N4O/c1-15(20-9-12-25-27-20)26-22(28)18-13-17-5-4-6-19(21(17)24-14-18)16-7-10-23(2,3)11-8-16/h4-7,9,12-15H,8,10-11H2,1-3H3,(H,25,27)(H,26,28). The van der Waals surface area contributed by atoms with E-state index in [0.29, 0.717) is 11.0 Å². The second-order valence-electron chi connectivity index (χ2n) is 8.41. The monoisotopic (exact) mass is 374 g/mol. The number of allylic oxidation sites excluding steroid dienone is 2. The minimum Gasteiger partial charge on any atom is -0.344 e. The molecule has 2 aromatic heterocycles. The van der Waals surface area contributed by atoms with Crippen molar-refractivity contribution in [2.24, 2.45) is 5.41 Å². The third-order valence-electron chi connectivity index (χ3n) is 5.63. The summed E-state index contributed by atoms with van der Waals surface area (Å²) >= 11 is 0. The number of nitrogens with one attached hydrogen (secondary N) is 2. The van der Waals surface area contributed by atoms with Gasteiger partial charge in [0.05, 0.1) is 22.8 Å². The Kier molecular flexibility index (Phi) is 4.75. The van der Waals surface area contributed by atoms with Crippen molar-refractivity contribution in [3.63, 3.8) is 0 Å². The van der Waals surface area contributed by atoms with Gasteiger partial charge >= 0.3 is 0 Å². The van der Waals surface area contributed by atoms with E-state index in [2.05, 4.69) is 52.6 Å². The fourth-order valence-electron chi connectivity index (χ4n) is 3.73. The van der Waals surface area contributed by atoms with Crippen molar-refractivity contribution in [1.82, 2.24) is 20.5 Å². The van der Waals surface area contributed by atoms with Gasteiger partial charge in [-0.2, -0.15) is 5.10 Å². The number of carbonyl (C=O) groups is 1. The maximum absolute atomic E-state index is 12.7. The molecule has 5 nitrogen and oxygen atoms in total. The SMILES string of the molecule is CC(NC(=O)c1cnc2c(C3=CCC(C)(C)CC3)cccc2c1)c1ccn[nH]1. The summed E-state index contributed by atoms with van der Waals surface area (Å²) in [5.74, 6) is -0.138.